The smallest absolute Gasteiger partial charge is 0.271 e. The van der Waals surface area contributed by atoms with Crippen LogP contribution in [-0.4, -0.2) is 45.4 Å². The van der Waals surface area contributed by atoms with E-state index in [1.54, 1.807) is 29.2 Å². The van der Waals surface area contributed by atoms with Crippen molar-refractivity contribution in [2.45, 2.75) is 4.21 Å². The molecule has 4 rings (SSSR count). The summed E-state index contributed by atoms with van der Waals surface area (Å²) in [7, 11) is -3.82. The van der Waals surface area contributed by atoms with Crippen molar-refractivity contribution in [3.63, 3.8) is 0 Å². The number of carbonyl (C=O) groups is 1. The van der Waals surface area contributed by atoms with Crippen LogP contribution in [0.3, 0.4) is 0 Å². The number of piperazine rings is 1. The summed E-state index contributed by atoms with van der Waals surface area (Å²) in [5.41, 5.74) is 1.72. The lowest BCUT2D eigenvalue weighted by Gasteiger charge is -2.36. The number of rotatable bonds is 5. The standard InChI is InChI=1S/C21H20ClN3O3S2/c22-19-10-11-20(29-19)30(27,28)23-18-9-5-4-8-17(18)21(26)25-14-12-24(13-15-25)16-6-2-1-3-7-16/h1-11,23H,12-15H2. The van der Waals surface area contributed by atoms with Crippen molar-refractivity contribution < 1.29 is 13.2 Å². The van der Waals surface area contributed by atoms with Crippen LogP contribution in [0.4, 0.5) is 11.4 Å². The Hall–Kier alpha value is -2.55. The minimum Gasteiger partial charge on any atom is -0.368 e. The van der Waals surface area contributed by atoms with E-state index >= 15 is 0 Å². The van der Waals surface area contributed by atoms with Crippen molar-refractivity contribution in [2.24, 2.45) is 0 Å². The molecule has 6 nitrogen and oxygen atoms in total. The van der Waals surface area contributed by atoms with E-state index in [1.807, 2.05) is 18.2 Å². The van der Waals surface area contributed by atoms with Gasteiger partial charge < -0.3 is 9.80 Å². The molecule has 9 heteroatoms. The first kappa shape index (κ1) is 20.7. The number of para-hydroxylation sites is 2. The van der Waals surface area contributed by atoms with Gasteiger partial charge in [-0.1, -0.05) is 41.9 Å². The second-order valence-electron chi connectivity index (χ2n) is 6.82. The zero-order chi connectivity index (χ0) is 21.1. The lowest BCUT2D eigenvalue weighted by Crippen LogP contribution is -2.48. The Morgan fingerprint density at radius 3 is 2.23 bits per heavy atom. The van der Waals surface area contributed by atoms with Crippen LogP contribution in [0.15, 0.2) is 70.9 Å². The van der Waals surface area contributed by atoms with Crippen molar-refractivity contribution in [1.82, 2.24) is 4.90 Å². The number of nitrogens with zero attached hydrogens (tertiary/aromatic N) is 2. The van der Waals surface area contributed by atoms with Crippen molar-refractivity contribution in [3.8, 4) is 0 Å². The molecule has 0 unspecified atom stereocenters. The molecule has 0 radical (unpaired) electrons. The molecule has 1 aliphatic heterocycles. The highest BCUT2D eigenvalue weighted by molar-refractivity contribution is 7.94. The van der Waals surface area contributed by atoms with Crippen LogP contribution < -0.4 is 9.62 Å². The molecule has 30 heavy (non-hydrogen) atoms. The third kappa shape index (κ3) is 4.45. The molecular formula is C21H20ClN3O3S2. The summed E-state index contributed by atoms with van der Waals surface area (Å²) < 4.78 is 28.4. The highest BCUT2D eigenvalue weighted by Gasteiger charge is 2.26. The summed E-state index contributed by atoms with van der Waals surface area (Å²) in [6, 6.07) is 19.7. The average molecular weight is 462 g/mol. The van der Waals surface area contributed by atoms with Crippen LogP contribution in [0.5, 0.6) is 0 Å². The van der Waals surface area contributed by atoms with Gasteiger partial charge in [0.25, 0.3) is 15.9 Å². The summed E-state index contributed by atoms with van der Waals surface area (Å²) in [5, 5.41) is 0. The fourth-order valence-electron chi connectivity index (χ4n) is 3.37. The van der Waals surface area contributed by atoms with Crippen molar-refractivity contribution in [3.05, 3.63) is 76.6 Å². The lowest BCUT2D eigenvalue weighted by molar-refractivity contribution is 0.0748. The third-order valence-corrected chi connectivity index (χ3v) is 7.99. The van der Waals surface area contributed by atoms with Gasteiger partial charge in [-0.25, -0.2) is 8.42 Å². The predicted octanol–water partition coefficient (Wildman–Crippen LogP) is 4.16. The van der Waals surface area contributed by atoms with Gasteiger partial charge in [0.15, 0.2) is 0 Å². The van der Waals surface area contributed by atoms with E-state index in [4.69, 9.17) is 11.6 Å². The molecule has 0 saturated carbocycles. The molecule has 1 aromatic heterocycles. The maximum Gasteiger partial charge on any atom is 0.271 e. The topological polar surface area (TPSA) is 69.7 Å². The monoisotopic (exact) mass is 461 g/mol. The van der Waals surface area contributed by atoms with Gasteiger partial charge in [-0.15, -0.1) is 11.3 Å². The van der Waals surface area contributed by atoms with Crippen LogP contribution >= 0.6 is 22.9 Å². The molecule has 0 atom stereocenters. The Morgan fingerprint density at radius 2 is 1.57 bits per heavy atom. The second-order valence-corrected chi connectivity index (χ2v) is 10.4. The Bertz CT molecular complexity index is 1140. The molecule has 1 aliphatic rings. The van der Waals surface area contributed by atoms with Gasteiger partial charge in [0.05, 0.1) is 15.6 Å². The maximum absolute atomic E-state index is 13.1. The van der Waals surface area contributed by atoms with Crippen molar-refractivity contribution in [2.75, 3.05) is 35.8 Å². The van der Waals surface area contributed by atoms with Crippen LogP contribution in [0.2, 0.25) is 4.34 Å². The van der Waals surface area contributed by atoms with Crippen molar-refractivity contribution in [1.29, 1.82) is 0 Å². The van der Waals surface area contributed by atoms with E-state index in [9.17, 15) is 13.2 Å². The highest BCUT2D eigenvalue weighted by Crippen LogP contribution is 2.28. The fraction of sp³-hybridized carbons (Fsp3) is 0.190. The molecule has 2 heterocycles. The third-order valence-electron chi connectivity index (χ3n) is 4.90. The minimum atomic E-state index is -3.82. The maximum atomic E-state index is 13.1. The van der Waals surface area contributed by atoms with Gasteiger partial charge in [0.1, 0.15) is 4.21 Å². The molecule has 1 N–H and O–H groups in total. The predicted molar refractivity (Wildman–Crippen MR) is 121 cm³/mol. The Kier molecular flexibility index (Phi) is 5.99. The summed E-state index contributed by atoms with van der Waals surface area (Å²) in [6.07, 6.45) is 0. The van der Waals surface area contributed by atoms with Gasteiger partial charge in [-0.05, 0) is 36.4 Å². The summed E-state index contributed by atoms with van der Waals surface area (Å²) in [4.78, 5) is 17.1. The van der Waals surface area contributed by atoms with Crippen molar-refractivity contribution >= 4 is 50.2 Å². The minimum absolute atomic E-state index is 0.103. The van der Waals surface area contributed by atoms with Gasteiger partial charge in [-0.3, -0.25) is 9.52 Å². The highest BCUT2D eigenvalue weighted by atomic mass is 35.5. The molecular weight excluding hydrogens is 442 g/mol. The number of nitrogens with one attached hydrogen (secondary N) is 1. The molecule has 1 saturated heterocycles. The Balaban J connectivity index is 1.49. The van der Waals surface area contributed by atoms with Gasteiger partial charge in [-0.2, -0.15) is 0 Å². The largest absolute Gasteiger partial charge is 0.368 e. The first-order valence-electron chi connectivity index (χ1n) is 9.40. The SMILES string of the molecule is O=C(c1ccccc1NS(=O)(=O)c1ccc(Cl)s1)N1CCN(c2ccccc2)CC1. The summed E-state index contributed by atoms with van der Waals surface area (Å²) in [6.45, 7) is 2.57. The van der Waals surface area contributed by atoms with Crippen LogP contribution in [0.25, 0.3) is 0 Å². The van der Waals surface area contributed by atoms with Gasteiger partial charge in [0, 0.05) is 31.9 Å². The molecule has 0 spiro atoms. The van der Waals surface area contributed by atoms with E-state index in [1.165, 1.54) is 12.1 Å². The van der Waals surface area contributed by atoms with E-state index in [0.717, 1.165) is 30.1 Å². The summed E-state index contributed by atoms with van der Waals surface area (Å²) >= 11 is 6.84. The first-order valence-corrected chi connectivity index (χ1v) is 12.1. The fourth-order valence-corrected chi connectivity index (χ4v) is 5.94. The number of amides is 1. The van der Waals surface area contributed by atoms with Crippen LogP contribution in [-0.2, 0) is 10.0 Å². The number of hydrogen-bond donors (Lipinski definition) is 1. The zero-order valence-electron chi connectivity index (χ0n) is 16.0. The van der Waals surface area contributed by atoms with E-state index < -0.39 is 10.0 Å². The second kappa shape index (κ2) is 8.67. The van der Waals surface area contributed by atoms with E-state index in [2.05, 4.69) is 21.8 Å². The molecule has 0 aliphatic carbocycles. The Labute approximate surface area is 184 Å². The quantitative estimate of drug-likeness (QED) is 0.619. The first-order chi connectivity index (χ1) is 14.4. The number of hydrogen-bond acceptors (Lipinski definition) is 5. The summed E-state index contributed by atoms with van der Waals surface area (Å²) in [5.74, 6) is -0.190. The number of benzene rings is 2. The number of carbonyl (C=O) groups excluding carboxylic acids is 1. The van der Waals surface area contributed by atoms with Crippen LogP contribution in [0.1, 0.15) is 10.4 Å². The normalized spacial score (nSPS) is 14.6. The lowest BCUT2D eigenvalue weighted by atomic mass is 10.1. The molecule has 1 fully saturated rings. The number of anilines is 2. The molecule has 0 bridgehead atoms. The Morgan fingerprint density at radius 1 is 0.900 bits per heavy atom. The number of halogens is 1. The van der Waals surface area contributed by atoms with Crippen LogP contribution in [0, 0.1) is 0 Å². The molecule has 2 aromatic carbocycles. The zero-order valence-corrected chi connectivity index (χ0v) is 18.4. The number of thiophene rings is 1. The average Bonchev–Trinajstić information content (AvgIpc) is 3.22. The van der Waals surface area contributed by atoms with E-state index in [0.29, 0.717) is 23.0 Å². The van der Waals surface area contributed by atoms with Gasteiger partial charge in [0.2, 0.25) is 0 Å². The molecule has 3 aromatic rings. The number of sulfonamides is 1. The molecule has 1 amide bonds. The van der Waals surface area contributed by atoms with E-state index in [-0.39, 0.29) is 15.8 Å². The van der Waals surface area contributed by atoms with Gasteiger partial charge >= 0.3 is 0 Å². The molecule has 156 valence electrons.